The number of hydrogen-bond donors (Lipinski definition) is 0. The SMILES string of the molecule is COc1ccc(/C=C/c2nnc(Cn3nnc(-c4ccccc4)n3)o2)cc1. The highest BCUT2D eigenvalue weighted by molar-refractivity contribution is 5.66. The lowest BCUT2D eigenvalue weighted by atomic mass is 10.2. The van der Waals surface area contributed by atoms with Crippen LogP contribution in [0.1, 0.15) is 17.3 Å². The lowest BCUT2D eigenvalue weighted by Gasteiger charge is -1.98. The molecule has 0 radical (unpaired) electrons. The first-order valence-electron chi connectivity index (χ1n) is 8.28. The number of benzene rings is 2. The quantitative estimate of drug-likeness (QED) is 0.522. The number of tetrazole rings is 1. The maximum absolute atomic E-state index is 5.61. The van der Waals surface area contributed by atoms with Crippen LogP contribution < -0.4 is 4.74 Å². The van der Waals surface area contributed by atoms with Gasteiger partial charge in [0.05, 0.1) is 7.11 Å². The normalized spacial score (nSPS) is 11.1. The minimum Gasteiger partial charge on any atom is -0.497 e. The third-order valence-corrected chi connectivity index (χ3v) is 3.78. The van der Waals surface area contributed by atoms with E-state index in [0.29, 0.717) is 17.6 Å². The van der Waals surface area contributed by atoms with E-state index in [2.05, 4.69) is 25.6 Å². The highest BCUT2D eigenvalue weighted by Crippen LogP contribution is 2.14. The van der Waals surface area contributed by atoms with Crippen LogP contribution in [0, 0.1) is 0 Å². The minimum absolute atomic E-state index is 0.253. The Labute approximate surface area is 155 Å². The summed E-state index contributed by atoms with van der Waals surface area (Å²) < 4.78 is 10.7. The molecular formula is C19H16N6O2. The van der Waals surface area contributed by atoms with Crippen molar-refractivity contribution in [3.63, 3.8) is 0 Å². The van der Waals surface area contributed by atoms with Crippen molar-refractivity contribution >= 4 is 12.2 Å². The van der Waals surface area contributed by atoms with E-state index in [1.807, 2.05) is 60.7 Å². The van der Waals surface area contributed by atoms with Gasteiger partial charge in [-0.05, 0) is 29.0 Å². The van der Waals surface area contributed by atoms with E-state index in [0.717, 1.165) is 16.9 Å². The maximum atomic E-state index is 5.61. The summed E-state index contributed by atoms with van der Waals surface area (Å²) in [6, 6.07) is 17.3. The van der Waals surface area contributed by atoms with Crippen molar-refractivity contribution in [3.05, 3.63) is 71.9 Å². The molecule has 0 saturated heterocycles. The van der Waals surface area contributed by atoms with Gasteiger partial charge in [-0.25, -0.2) is 0 Å². The van der Waals surface area contributed by atoms with Crippen LogP contribution in [0.2, 0.25) is 0 Å². The van der Waals surface area contributed by atoms with E-state index in [9.17, 15) is 0 Å². The summed E-state index contributed by atoms with van der Waals surface area (Å²) in [7, 11) is 1.64. The average molecular weight is 360 g/mol. The Balaban J connectivity index is 1.42. The standard InChI is InChI=1S/C19H16N6O2/c1-26-16-10-7-14(8-11-16)9-12-17-20-21-18(27-17)13-25-23-19(22-24-25)15-5-3-2-4-6-15/h2-12H,13H2,1H3/b12-9+. The van der Waals surface area contributed by atoms with Crippen LogP contribution >= 0.6 is 0 Å². The van der Waals surface area contributed by atoms with Gasteiger partial charge >= 0.3 is 0 Å². The second-order valence-electron chi connectivity index (χ2n) is 5.65. The smallest absolute Gasteiger partial charge is 0.240 e. The first kappa shape index (κ1) is 16.6. The highest BCUT2D eigenvalue weighted by Gasteiger charge is 2.09. The molecule has 0 aliphatic rings. The number of rotatable bonds is 6. The molecule has 0 bridgehead atoms. The van der Waals surface area contributed by atoms with Gasteiger partial charge in [-0.15, -0.1) is 20.4 Å². The summed E-state index contributed by atoms with van der Waals surface area (Å²) in [6.45, 7) is 0.253. The maximum Gasteiger partial charge on any atom is 0.240 e. The first-order chi connectivity index (χ1) is 13.3. The third-order valence-electron chi connectivity index (χ3n) is 3.78. The van der Waals surface area contributed by atoms with Crippen molar-refractivity contribution < 1.29 is 9.15 Å². The molecule has 0 aliphatic heterocycles. The monoisotopic (exact) mass is 360 g/mol. The number of hydrogen-bond acceptors (Lipinski definition) is 7. The fourth-order valence-corrected chi connectivity index (χ4v) is 2.41. The molecule has 134 valence electrons. The summed E-state index contributed by atoms with van der Waals surface area (Å²) in [4.78, 5) is 1.42. The Kier molecular flexibility index (Phi) is 4.69. The van der Waals surface area contributed by atoms with Gasteiger partial charge in [0.25, 0.3) is 0 Å². The number of aromatic nitrogens is 6. The van der Waals surface area contributed by atoms with Gasteiger partial charge in [-0.3, -0.25) is 0 Å². The minimum atomic E-state index is 0.253. The lowest BCUT2D eigenvalue weighted by molar-refractivity contribution is 0.415. The molecule has 2 aromatic heterocycles. The Hall–Kier alpha value is -3.81. The summed E-state index contributed by atoms with van der Waals surface area (Å²) in [5, 5.41) is 20.4. The fraction of sp³-hybridized carbons (Fsp3) is 0.105. The van der Waals surface area contributed by atoms with E-state index in [1.54, 1.807) is 13.2 Å². The van der Waals surface area contributed by atoms with Crippen LogP contribution in [-0.2, 0) is 6.54 Å². The van der Waals surface area contributed by atoms with Crippen LogP contribution in [0.15, 0.2) is 59.0 Å². The molecule has 8 heteroatoms. The second kappa shape index (κ2) is 7.61. The topological polar surface area (TPSA) is 91.8 Å². The van der Waals surface area contributed by atoms with Gasteiger partial charge in [0, 0.05) is 11.6 Å². The van der Waals surface area contributed by atoms with Crippen LogP contribution in [0.25, 0.3) is 23.5 Å². The van der Waals surface area contributed by atoms with E-state index < -0.39 is 0 Å². The third kappa shape index (κ3) is 4.06. The van der Waals surface area contributed by atoms with Crippen molar-refractivity contribution in [1.29, 1.82) is 0 Å². The van der Waals surface area contributed by atoms with Gasteiger partial charge < -0.3 is 9.15 Å². The Morgan fingerprint density at radius 2 is 1.78 bits per heavy atom. The summed E-state index contributed by atoms with van der Waals surface area (Å²) in [6.07, 6.45) is 3.64. The predicted octanol–water partition coefficient (Wildman–Crippen LogP) is 2.95. The van der Waals surface area contributed by atoms with Gasteiger partial charge in [-0.2, -0.15) is 4.80 Å². The molecule has 0 atom stereocenters. The van der Waals surface area contributed by atoms with Gasteiger partial charge in [0.15, 0.2) is 0 Å². The average Bonchev–Trinajstić information content (AvgIpc) is 3.37. The second-order valence-corrected chi connectivity index (χ2v) is 5.65. The molecule has 2 heterocycles. The van der Waals surface area contributed by atoms with E-state index in [1.165, 1.54) is 4.80 Å². The largest absolute Gasteiger partial charge is 0.497 e. The molecule has 27 heavy (non-hydrogen) atoms. The van der Waals surface area contributed by atoms with Crippen LogP contribution in [0.4, 0.5) is 0 Å². The van der Waals surface area contributed by atoms with E-state index >= 15 is 0 Å². The van der Waals surface area contributed by atoms with Crippen LogP contribution in [0.5, 0.6) is 5.75 Å². The molecule has 8 nitrogen and oxygen atoms in total. The van der Waals surface area contributed by atoms with Crippen molar-refractivity contribution in [2.75, 3.05) is 7.11 Å². The molecule has 0 fully saturated rings. The Morgan fingerprint density at radius 1 is 0.963 bits per heavy atom. The zero-order valence-corrected chi connectivity index (χ0v) is 14.6. The molecule has 0 spiro atoms. The number of ether oxygens (including phenoxy) is 1. The summed E-state index contributed by atoms with van der Waals surface area (Å²) in [5.74, 6) is 2.17. The van der Waals surface area contributed by atoms with Crippen molar-refractivity contribution in [2.45, 2.75) is 6.54 Å². The highest BCUT2D eigenvalue weighted by atomic mass is 16.5. The van der Waals surface area contributed by atoms with Crippen molar-refractivity contribution in [2.24, 2.45) is 0 Å². The molecular weight excluding hydrogens is 344 g/mol. The van der Waals surface area contributed by atoms with Crippen molar-refractivity contribution in [3.8, 4) is 17.1 Å². The lowest BCUT2D eigenvalue weighted by Crippen LogP contribution is -2.04. The summed E-state index contributed by atoms with van der Waals surface area (Å²) in [5.41, 5.74) is 1.90. The zero-order chi connectivity index (χ0) is 18.5. The predicted molar refractivity (Wildman–Crippen MR) is 98.6 cm³/mol. The number of nitrogens with zero attached hydrogens (tertiary/aromatic N) is 6. The van der Waals surface area contributed by atoms with Crippen LogP contribution in [0.3, 0.4) is 0 Å². The van der Waals surface area contributed by atoms with Gasteiger partial charge in [-0.1, -0.05) is 42.5 Å². The Morgan fingerprint density at radius 3 is 2.56 bits per heavy atom. The number of methoxy groups -OCH3 is 1. The van der Waals surface area contributed by atoms with Gasteiger partial charge in [0.1, 0.15) is 12.3 Å². The molecule has 0 aliphatic carbocycles. The molecule has 2 aromatic carbocycles. The molecule has 0 saturated carbocycles. The first-order valence-corrected chi connectivity index (χ1v) is 8.28. The Bertz CT molecular complexity index is 1040. The van der Waals surface area contributed by atoms with Gasteiger partial charge in [0.2, 0.25) is 17.6 Å². The van der Waals surface area contributed by atoms with E-state index in [4.69, 9.17) is 9.15 Å². The zero-order valence-electron chi connectivity index (χ0n) is 14.6. The molecule has 4 aromatic rings. The molecule has 4 rings (SSSR count). The van der Waals surface area contributed by atoms with E-state index in [-0.39, 0.29) is 6.54 Å². The fourth-order valence-electron chi connectivity index (χ4n) is 2.41. The summed E-state index contributed by atoms with van der Waals surface area (Å²) >= 11 is 0. The molecule has 0 unspecified atom stereocenters. The van der Waals surface area contributed by atoms with Crippen LogP contribution in [-0.4, -0.2) is 37.5 Å². The molecule has 0 amide bonds. The van der Waals surface area contributed by atoms with Crippen molar-refractivity contribution in [1.82, 2.24) is 30.4 Å². The molecule has 0 N–H and O–H groups in total.